The fourth-order valence-corrected chi connectivity index (χ4v) is 2.97. The van der Waals surface area contributed by atoms with E-state index in [1.165, 1.54) is 0 Å². The number of rotatable bonds is 3. The summed E-state index contributed by atoms with van der Waals surface area (Å²) in [5.74, 6) is 0.844. The molecule has 3 rings (SSSR count). The van der Waals surface area contributed by atoms with E-state index in [4.69, 9.17) is 4.74 Å². The van der Waals surface area contributed by atoms with Crippen molar-refractivity contribution in [3.63, 3.8) is 0 Å². The molecule has 0 aliphatic carbocycles. The predicted octanol–water partition coefficient (Wildman–Crippen LogP) is 1.02. The highest BCUT2D eigenvalue weighted by atomic mass is 16.5. The maximum absolute atomic E-state index is 10.9. The number of methoxy groups -OCH3 is 1. The molecule has 0 aromatic carbocycles. The zero-order valence-corrected chi connectivity index (χ0v) is 13.2. The van der Waals surface area contributed by atoms with Crippen molar-refractivity contribution in [2.45, 2.75) is 25.4 Å². The first-order chi connectivity index (χ1) is 10.5. The Bertz CT molecular complexity index is 662. The summed E-state index contributed by atoms with van der Waals surface area (Å²) in [6.07, 6.45) is 2.99. The standard InChI is InChI=1S/C15H21N5O2/c1-11-10-13(18-14(17-11)22-3)20-8-5-15(21,6-9-20)12-4-7-16-19(12)2/h4,7,10,21H,5-6,8-9H2,1-3H3. The lowest BCUT2D eigenvalue weighted by Crippen LogP contribution is -2.44. The van der Waals surface area contributed by atoms with E-state index >= 15 is 0 Å². The first kappa shape index (κ1) is 14.8. The van der Waals surface area contributed by atoms with E-state index < -0.39 is 5.60 Å². The molecular formula is C15H21N5O2. The minimum Gasteiger partial charge on any atom is -0.467 e. The number of ether oxygens (including phenoxy) is 1. The number of hydrogen-bond acceptors (Lipinski definition) is 6. The van der Waals surface area contributed by atoms with Gasteiger partial charge in [-0.1, -0.05) is 0 Å². The van der Waals surface area contributed by atoms with Crippen LogP contribution in [0.5, 0.6) is 6.01 Å². The van der Waals surface area contributed by atoms with Crippen LogP contribution in [-0.4, -0.2) is 45.1 Å². The van der Waals surface area contributed by atoms with Crippen LogP contribution < -0.4 is 9.64 Å². The summed E-state index contributed by atoms with van der Waals surface area (Å²) in [6.45, 7) is 3.37. The van der Waals surface area contributed by atoms with E-state index in [1.807, 2.05) is 26.1 Å². The largest absolute Gasteiger partial charge is 0.467 e. The first-order valence-corrected chi connectivity index (χ1v) is 7.37. The van der Waals surface area contributed by atoms with E-state index in [-0.39, 0.29) is 0 Å². The average Bonchev–Trinajstić information content (AvgIpc) is 2.94. The summed E-state index contributed by atoms with van der Waals surface area (Å²) in [5.41, 5.74) is 0.909. The highest BCUT2D eigenvalue weighted by molar-refractivity contribution is 5.41. The molecule has 22 heavy (non-hydrogen) atoms. The maximum Gasteiger partial charge on any atom is 0.318 e. The number of piperidine rings is 1. The van der Waals surface area contributed by atoms with Crippen molar-refractivity contribution < 1.29 is 9.84 Å². The molecule has 0 spiro atoms. The normalized spacial score (nSPS) is 17.5. The molecule has 3 heterocycles. The van der Waals surface area contributed by atoms with Crippen molar-refractivity contribution in [1.29, 1.82) is 0 Å². The van der Waals surface area contributed by atoms with E-state index in [0.29, 0.717) is 18.9 Å². The Labute approximate surface area is 129 Å². The summed E-state index contributed by atoms with van der Waals surface area (Å²) in [4.78, 5) is 10.8. The van der Waals surface area contributed by atoms with Crippen molar-refractivity contribution in [3.05, 3.63) is 29.7 Å². The number of nitrogens with zero attached hydrogens (tertiary/aromatic N) is 5. The molecule has 0 bridgehead atoms. The molecule has 1 saturated heterocycles. The maximum atomic E-state index is 10.9. The lowest BCUT2D eigenvalue weighted by atomic mass is 9.88. The van der Waals surface area contributed by atoms with Crippen LogP contribution >= 0.6 is 0 Å². The summed E-state index contributed by atoms with van der Waals surface area (Å²) in [6, 6.07) is 4.20. The number of anilines is 1. The molecule has 7 heteroatoms. The summed E-state index contributed by atoms with van der Waals surface area (Å²) in [5, 5.41) is 15.0. The van der Waals surface area contributed by atoms with E-state index in [2.05, 4.69) is 20.0 Å². The molecule has 2 aromatic rings. The van der Waals surface area contributed by atoms with Crippen molar-refractivity contribution in [2.75, 3.05) is 25.1 Å². The molecule has 0 radical (unpaired) electrons. The molecule has 1 fully saturated rings. The number of hydrogen-bond donors (Lipinski definition) is 1. The minimum atomic E-state index is -0.825. The van der Waals surface area contributed by atoms with Gasteiger partial charge in [-0.2, -0.15) is 10.1 Å². The summed E-state index contributed by atoms with van der Waals surface area (Å²) >= 11 is 0. The smallest absolute Gasteiger partial charge is 0.318 e. The molecule has 1 aliphatic rings. The van der Waals surface area contributed by atoms with Gasteiger partial charge in [-0.05, 0) is 25.8 Å². The Morgan fingerprint density at radius 1 is 1.27 bits per heavy atom. The van der Waals surface area contributed by atoms with E-state index in [0.717, 1.165) is 30.3 Å². The van der Waals surface area contributed by atoms with Crippen LogP contribution in [0.15, 0.2) is 18.3 Å². The highest BCUT2D eigenvalue weighted by Gasteiger charge is 2.36. The Morgan fingerprint density at radius 2 is 2.00 bits per heavy atom. The van der Waals surface area contributed by atoms with Gasteiger partial charge < -0.3 is 14.7 Å². The topological polar surface area (TPSA) is 76.3 Å². The van der Waals surface area contributed by atoms with Crippen LogP contribution in [0.3, 0.4) is 0 Å². The average molecular weight is 303 g/mol. The summed E-state index contributed by atoms with van der Waals surface area (Å²) < 4.78 is 6.88. The third-order valence-corrected chi connectivity index (χ3v) is 4.22. The Hall–Kier alpha value is -2.15. The highest BCUT2D eigenvalue weighted by Crippen LogP contribution is 2.33. The molecule has 0 atom stereocenters. The van der Waals surface area contributed by atoms with Gasteiger partial charge >= 0.3 is 6.01 Å². The van der Waals surface area contributed by atoms with Gasteiger partial charge in [0.2, 0.25) is 0 Å². The first-order valence-electron chi connectivity index (χ1n) is 7.37. The van der Waals surface area contributed by atoms with Crippen LogP contribution in [0, 0.1) is 6.92 Å². The van der Waals surface area contributed by atoms with Gasteiger partial charge in [0.1, 0.15) is 11.4 Å². The van der Waals surface area contributed by atoms with Gasteiger partial charge in [-0.3, -0.25) is 4.68 Å². The Kier molecular flexibility index (Phi) is 3.74. The van der Waals surface area contributed by atoms with E-state index in [1.54, 1.807) is 18.0 Å². The number of aliphatic hydroxyl groups is 1. The van der Waals surface area contributed by atoms with Gasteiger partial charge in [0.15, 0.2) is 0 Å². The van der Waals surface area contributed by atoms with Gasteiger partial charge in [-0.25, -0.2) is 4.98 Å². The Morgan fingerprint density at radius 3 is 2.59 bits per heavy atom. The second kappa shape index (κ2) is 5.57. The third-order valence-electron chi connectivity index (χ3n) is 4.22. The zero-order chi connectivity index (χ0) is 15.7. The molecular weight excluding hydrogens is 282 g/mol. The molecule has 2 aromatic heterocycles. The molecule has 7 nitrogen and oxygen atoms in total. The van der Waals surface area contributed by atoms with Crippen LogP contribution in [-0.2, 0) is 12.6 Å². The lowest BCUT2D eigenvalue weighted by Gasteiger charge is -2.38. The monoisotopic (exact) mass is 303 g/mol. The van der Waals surface area contributed by atoms with Crippen LogP contribution in [0.2, 0.25) is 0 Å². The SMILES string of the molecule is COc1nc(C)cc(N2CCC(O)(c3ccnn3C)CC2)n1. The molecule has 118 valence electrons. The Balaban J connectivity index is 1.77. The van der Waals surface area contributed by atoms with Gasteiger partial charge in [0.25, 0.3) is 0 Å². The van der Waals surface area contributed by atoms with Crippen molar-refractivity contribution in [2.24, 2.45) is 7.05 Å². The van der Waals surface area contributed by atoms with Crippen LogP contribution in [0.25, 0.3) is 0 Å². The zero-order valence-electron chi connectivity index (χ0n) is 13.2. The quantitative estimate of drug-likeness (QED) is 0.912. The predicted molar refractivity (Wildman–Crippen MR) is 81.9 cm³/mol. The number of aryl methyl sites for hydroxylation is 2. The minimum absolute atomic E-state index is 0.377. The van der Waals surface area contributed by atoms with Crippen LogP contribution in [0.4, 0.5) is 5.82 Å². The fraction of sp³-hybridized carbons (Fsp3) is 0.533. The van der Waals surface area contributed by atoms with Gasteiger partial charge in [-0.15, -0.1) is 0 Å². The molecule has 0 saturated carbocycles. The molecule has 1 N–H and O–H groups in total. The molecule has 0 unspecified atom stereocenters. The second-order valence-electron chi connectivity index (χ2n) is 5.71. The number of aromatic nitrogens is 4. The lowest BCUT2D eigenvalue weighted by molar-refractivity contribution is 0.00402. The third kappa shape index (κ3) is 2.64. The van der Waals surface area contributed by atoms with Crippen molar-refractivity contribution in [1.82, 2.24) is 19.7 Å². The van der Waals surface area contributed by atoms with Crippen LogP contribution in [0.1, 0.15) is 24.2 Å². The molecule has 1 aliphatic heterocycles. The fourth-order valence-electron chi connectivity index (χ4n) is 2.97. The molecule has 0 amide bonds. The van der Waals surface area contributed by atoms with Gasteiger partial charge in [0.05, 0.1) is 12.8 Å². The van der Waals surface area contributed by atoms with Crippen molar-refractivity contribution >= 4 is 5.82 Å². The van der Waals surface area contributed by atoms with E-state index in [9.17, 15) is 5.11 Å². The second-order valence-corrected chi connectivity index (χ2v) is 5.71. The van der Waals surface area contributed by atoms with Gasteiger partial charge in [0, 0.05) is 38.1 Å². The van der Waals surface area contributed by atoms with Crippen molar-refractivity contribution in [3.8, 4) is 6.01 Å². The summed E-state index contributed by atoms with van der Waals surface area (Å²) in [7, 11) is 3.42.